The summed E-state index contributed by atoms with van der Waals surface area (Å²) in [7, 11) is 0. The summed E-state index contributed by atoms with van der Waals surface area (Å²) >= 11 is 0. The number of aliphatic carboxylic acids is 7. The summed E-state index contributed by atoms with van der Waals surface area (Å²) in [6, 6.07) is 3.39. The molecule has 2 aliphatic rings. The maximum atomic E-state index is 12.5. The van der Waals surface area contributed by atoms with Gasteiger partial charge in [0.05, 0.1) is 39.4 Å². The number of rotatable bonds is 34. The molecule has 28 heteroatoms. The number of aryl methyl sites for hydroxylation is 1. The first-order valence-corrected chi connectivity index (χ1v) is 27.2. The lowest BCUT2D eigenvalue weighted by atomic mass is 10.0. The van der Waals surface area contributed by atoms with E-state index in [2.05, 4.69) is 20.9 Å². The van der Waals surface area contributed by atoms with Crippen molar-refractivity contribution < 1.29 is 83.6 Å². The number of benzene rings is 1. The number of carbonyl (C=O) groups excluding carboxylic acids is 2. The highest BCUT2D eigenvalue weighted by Gasteiger charge is 2.29. The minimum absolute atomic E-state index is 0.0247. The second-order valence-electron chi connectivity index (χ2n) is 20.1. The summed E-state index contributed by atoms with van der Waals surface area (Å²) in [4.78, 5) is 130. The predicted molar refractivity (Wildman–Crippen MR) is 285 cm³/mol. The quantitative estimate of drug-likeness (QED) is 0.0424. The van der Waals surface area contributed by atoms with E-state index in [0.29, 0.717) is 95.4 Å². The summed E-state index contributed by atoms with van der Waals surface area (Å²) in [6.07, 6.45) is 6.80. The fraction of sp³-hybridized carbons (Fsp3) is 0.654. The molecule has 1 unspecified atom stereocenters. The molecule has 0 bridgehead atoms. The number of carbonyl (C=O) groups is 9. The Balaban J connectivity index is 1.28. The molecule has 3 amide bonds. The number of amides is 3. The van der Waals surface area contributed by atoms with Crippen LogP contribution in [-0.2, 0) is 62.4 Å². The number of carboxylic acids is 7. The third kappa shape index (κ3) is 26.7. The lowest BCUT2D eigenvalue weighted by Gasteiger charge is -2.37. The highest BCUT2D eigenvalue weighted by atomic mass is 16.5. The van der Waals surface area contributed by atoms with Gasteiger partial charge in [-0.1, -0.05) is 49.9 Å². The average Bonchev–Trinajstić information content (AvgIpc) is 3.41. The van der Waals surface area contributed by atoms with Crippen LogP contribution < -0.4 is 20.9 Å². The molecular weight excluding hydrogens is 1050 g/mol. The monoisotopic (exact) mass is 1130 g/mol. The average molecular weight is 1130 g/mol. The van der Waals surface area contributed by atoms with Gasteiger partial charge >= 0.3 is 47.8 Å². The van der Waals surface area contributed by atoms with Crippen LogP contribution in [0.3, 0.4) is 0 Å². The molecule has 4 rings (SSSR count). The summed E-state index contributed by atoms with van der Waals surface area (Å²) in [6.45, 7) is 2.60. The predicted octanol–water partition coefficient (Wildman–Crippen LogP) is 0.400. The molecule has 10 N–H and O–H groups in total. The Hall–Kier alpha value is -7.14. The van der Waals surface area contributed by atoms with Crippen LogP contribution in [0.25, 0.3) is 0 Å². The fourth-order valence-electron chi connectivity index (χ4n) is 9.36. The summed E-state index contributed by atoms with van der Waals surface area (Å²) < 4.78 is 5.57. The van der Waals surface area contributed by atoms with Gasteiger partial charge in [-0.15, -0.1) is 0 Å². The number of anilines is 1. The van der Waals surface area contributed by atoms with Crippen molar-refractivity contribution in [1.29, 1.82) is 0 Å². The van der Waals surface area contributed by atoms with Crippen molar-refractivity contribution in [1.82, 2.24) is 50.5 Å². The zero-order valence-electron chi connectivity index (χ0n) is 45.3. The van der Waals surface area contributed by atoms with Crippen LogP contribution >= 0.6 is 0 Å². The van der Waals surface area contributed by atoms with Crippen LogP contribution in [0.1, 0.15) is 99.8 Å². The molecule has 0 radical (unpaired) electrons. The van der Waals surface area contributed by atoms with E-state index in [9.17, 15) is 73.8 Å². The van der Waals surface area contributed by atoms with Gasteiger partial charge in [0.25, 0.3) is 0 Å². The molecule has 0 saturated carbocycles. The second kappa shape index (κ2) is 35.5. The third-order valence-corrected chi connectivity index (χ3v) is 13.6. The first-order valence-electron chi connectivity index (χ1n) is 27.2. The number of carboxylic acid groups (broad SMARTS) is 7. The summed E-state index contributed by atoms with van der Waals surface area (Å²) in [5.74, 6) is -6.64. The van der Waals surface area contributed by atoms with E-state index >= 15 is 0 Å². The van der Waals surface area contributed by atoms with Gasteiger partial charge in [0.15, 0.2) is 0 Å². The number of hydrogen-bond donors (Lipinski definition) is 10. The standard InChI is InChI=1S/C52H79N11O17/c64-43(53-18-8-7-9-39(49(75)76)54-52(79)55-40(50(77)78)16-17-44(65)66)11-6-4-2-1-3-5-10-41-56-42(58-51(57-41)62-25-27-80-28-26-62)30-37-14-12-36(13-15-37)29-38-31-61(34-47(71)72)22-21-59(32-45(67)68)19-20-60(33-46(69)70)23-24-63(38)35-48(73)74/h12-15,38-40H,1-11,16-35H2,(H,53,64)(H,65,66)(H,67,68)(H,69,70)(H,71,72)(H,73,74)(H,75,76)(H,77,78)(H2,54,55,79)/t38?,39-,40-/m0/s1. The van der Waals surface area contributed by atoms with Crippen LogP contribution in [-0.4, -0.2) is 247 Å². The lowest BCUT2D eigenvalue weighted by Crippen LogP contribution is -2.53. The molecule has 1 aromatic heterocycles. The first-order chi connectivity index (χ1) is 38.2. The second-order valence-corrected chi connectivity index (χ2v) is 20.1. The molecule has 2 aliphatic heterocycles. The fourth-order valence-corrected chi connectivity index (χ4v) is 9.36. The summed E-state index contributed by atoms with van der Waals surface area (Å²) in [5, 5.41) is 73.7. The molecule has 3 heterocycles. The number of nitrogens with zero attached hydrogens (tertiary/aromatic N) is 8. The van der Waals surface area contributed by atoms with Gasteiger partial charge in [-0.25, -0.2) is 19.4 Å². The maximum absolute atomic E-state index is 12.5. The molecule has 3 atom stereocenters. The van der Waals surface area contributed by atoms with Gasteiger partial charge in [-0.2, -0.15) is 9.97 Å². The van der Waals surface area contributed by atoms with E-state index in [1.807, 2.05) is 24.3 Å². The Bertz CT molecular complexity index is 2340. The summed E-state index contributed by atoms with van der Waals surface area (Å²) in [5.41, 5.74) is 1.77. The van der Waals surface area contributed by atoms with Crippen LogP contribution in [0.2, 0.25) is 0 Å². The topological polar surface area (TPSA) is 395 Å². The van der Waals surface area contributed by atoms with E-state index in [1.54, 1.807) is 19.6 Å². The molecule has 2 fully saturated rings. The van der Waals surface area contributed by atoms with E-state index in [4.69, 9.17) is 24.8 Å². The number of nitrogens with one attached hydrogen (secondary N) is 3. The van der Waals surface area contributed by atoms with Gasteiger partial charge in [0, 0.05) is 97.2 Å². The number of morpholine rings is 1. The minimum Gasteiger partial charge on any atom is -0.481 e. The Morgan fingerprint density at radius 3 is 1.65 bits per heavy atom. The van der Waals surface area contributed by atoms with Gasteiger partial charge in [-0.05, 0) is 56.1 Å². The van der Waals surface area contributed by atoms with Gasteiger partial charge in [0.2, 0.25) is 11.9 Å². The van der Waals surface area contributed by atoms with Gasteiger partial charge in [-0.3, -0.25) is 48.4 Å². The molecule has 0 spiro atoms. The highest BCUT2D eigenvalue weighted by molar-refractivity contribution is 5.86. The van der Waals surface area contributed by atoms with Crippen molar-refractivity contribution >= 4 is 59.7 Å². The molecular formula is C52H79N11O17. The van der Waals surface area contributed by atoms with Crippen molar-refractivity contribution in [2.75, 3.05) is 110 Å². The Morgan fingerprint density at radius 2 is 1.06 bits per heavy atom. The lowest BCUT2D eigenvalue weighted by molar-refractivity contribution is -0.142. The molecule has 2 saturated heterocycles. The zero-order chi connectivity index (χ0) is 58.4. The van der Waals surface area contributed by atoms with Crippen LogP contribution in [0.4, 0.5) is 10.7 Å². The molecule has 444 valence electrons. The SMILES string of the molecule is O=C(O)CC[C@H](NC(=O)N[C@@H](CCCCNC(=O)CCCCCCCCc1nc(Cc2ccc(CC3CN(CC(=O)O)CCN(CC(=O)O)CCN(CC(=O)O)CCN3CC(=O)O)cc2)nc(N2CCOCC2)n1)C(=O)O)C(=O)O. The van der Waals surface area contributed by atoms with E-state index in [-0.39, 0.29) is 90.7 Å². The van der Waals surface area contributed by atoms with E-state index in [1.165, 1.54) is 0 Å². The number of aromatic nitrogens is 3. The van der Waals surface area contributed by atoms with Crippen LogP contribution in [0.5, 0.6) is 0 Å². The van der Waals surface area contributed by atoms with Gasteiger partial charge < -0.3 is 61.3 Å². The maximum Gasteiger partial charge on any atom is 0.326 e. The number of hydrogen-bond acceptors (Lipinski definition) is 18. The molecule has 28 nitrogen and oxygen atoms in total. The minimum atomic E-state index is -1.50. The number of urea groups is 1. The van der Waals surface area contributed by atoms with Crippen molar-refractivity contribution in [2.24, 2.45) is 0 Å². The van der Waals surface area contributed by atoms with Gasteiger partial charge in [0.1, 0.15) is 23.7 Å². The van der Waals surface area contributed by atoms with Crippen molar-refractivity contribution in [3.63, 3.8) is 0 Å². The Labute approximate surface area is 463 Å². The van der Waals surface area contributed by atoms with Crippen LogP contribution in [0.15, 0.2) is 24.3 Å². The normalized spacial score (nSPS) is 17.0. The van der Waals surface area contributed by atoms with E-state index < -0.39 is 72.4 Å². The molecule has 2 aromatic rings. The third-order valence-electron chi connectivity index (χ3n) is 13.6. The molecule has 80 heavy (non-hydrogen) atoms. The first kappa shape index (κ1) is 65.4. The Morgan fingerprint density at radius 1 is 0.537 bits per heavy atom. The van der Waals surface area contributed by atoms with Crippen molar-refractivity contribution in [2.45, 2.75) is 114 Å². The largest absolute Gasteiger partial charge is 0.481 e. The van der Waals surface area contributed by atoms with Crippen LogP contribution in [0, 0.1) is 0 Å². The van der Waals surface area contributed by atoms with Crippen molar-refractivity contribution in [3.05, 3.63) is 47.0 Å². The molecule has 0 aliphatic carbocycles. The highest BCUT2D eigenvalue weighted by Crippen LogP contribution is 2.19. The van der Waals surface area contributed by atoms with Crippen molar-refractivity contribution in [3.8, 4) is 0 Å². The number of ether oxygens (including phenoxy) is 1. The Kier molecular flexibility index (Phi) is 29.0. The number of unbranched alkanes of at least 4 members (excludes halogenated alkanes) is 6. The zero-order valence-corrected chi connectivity index (χ0v) is 45.3. The van der Waals surface area contributed by atoms with E-state index in [0.717, 1.165) is 43.2 Å². The smallest absolute Gasteiger partial charge is 0.326 e. The molecule has 1 aromatic carbocycles.